The molecule has 5 nitrogen and oxygen atoms in total. The maximum Gasteiger partial charge on any atom is 0.306 e. The first kappa shape index (κ1) is 13.4. The van der Waals surface area contributed by atoms with E-state index < -0.39 is 12.1 Å². The second-order valence-corrected chi connectivity index (χ2v) is 3.61. The summed E-state index contributed by atoms with van der Waals surface area (Å²) in [7, 11) is 4.00. The maximum absolute atomic E-state index is 10.2. The number of aliphatic hydroxyl groups excluding tert-OH is 1. The molecule has 0 amide bonds. The molecule has 84 valence electrons. The number of carboxylic acids is 1. The minimum Gasteiger partial charge on any atom is -0.481 e. The van der Waals surface area contributed by atoms with Crippen LogP contribution in [0.2, 0.25) is 0 Å². The second-order valence-electron chi connectivity index (χ2n) is 3.61. The molecule has 0 heterocycles. The van der Waals surface area contributed by atoms with Gasteiger partial charge in [-0.15, -0.1) is 0 Å². The number of hydrogen-bond donors (Lipinski definition) is 3. The Labute approximate surface area is 84.7 Å². The highest BCUT2D eigenvalue weighted by molar-refractivity contribution is 5.67. The van der Waals surface area contributed by atoms with Gasteiger partial charge in [-0.3, -0.25) is 4.79 Å². The lowest BCUT2D eigenvalue weighted by atomic mass is 10.2. The Morgan fingerprint density at radius 3 is 2.64 bits per heavy atom. The lowest BCUT2D eigenvalue weighted by Crippen LogP contribution is -2.30. The summed E-state index contributed by atoms with van der Waals surface area (Å²) in [5.74, 6) is -0.965. The van der Waals surface area contributed by atoms with Crippen LogP contribution in [0.3, 0.4) is 0 Å². The number of hydrogen-bond acceptors (Lipinski definition) is 4. The van der Waals surface area contributed by atoms with Crippen LogP contribution in [0.1, 0.15) is 12.8 Å². The van der Waals surface area contributed by atoms with Crippen LogP contribution in [0.5, 0.6) is 0 Å². The zero-order valence-corrected chi connectivity index (χ0v) is 8.86. The van der Waals surface area contributed by atoms with Crippen LogP contribution in [0.15, 0.2) is 0 Å². The SMILES string of the molecule is CN(C)CCCNCC(O)CC(=O)O. The molecule has 0 aromatic carbocycles. The zero-order chi connectivity index (χ0) is 11.0. The third-order valence-corrected chi connectivity index (χ3v) is 1.75. The molecule has 1 atom stereocenters. The molecule has 5 heteroatoms. The number of carbonyl (C=O) groups is 1. The molecule has 0 aliphatic rings. The van der Waals surface area contributed by atoms with Gasteiger partial charge in [-0.25, -0.2) is 0 Å². The average Bonchev–Trinajstić information content (AvgIpc) is 2.01. The summed E-state index contributed by atoms with van der Waals surface area (Å²) in [5, 5.41) is 20.5. The van der Waals surface area contributed by atoms with Gasteiger partial charge in [-0.05, 0) is 33.6 Å². The summed E-state index contributed by atoms with van der Waals surface area (Å²) in [6.45, 7) is 2.14. The van der Waals surface area contributed by atoms with Crippen LogP contribution >= 0.6 is 0 Å². The van der Waals surface area contributed by atoms with Crippen molar-refractivity contribution in [2.45, 2.75) is 18.9 Å². The zero-order valence-electron chi connectivity index (χ0n) is 8.86. The van der Waals surface area contributed by atoms with Gasteiger partial charge in [0.25, 0.3) is 0 Å². The van der Waals surface area contributed by atoms with E-state index in [0.29, 0.717) is 6.54 Å². The molecule has 1 unspecified atom stereocenters. The van der Waals surface area contributed by atoms with Gasteiger partial charge in [0.15, 0.2) is 0 Å². The molecule has 0 bridgehead atoms. The van der Waals surface area contributed by atoms with Crippen molar-refractivity contribution in [3.63, 3.8) is 0 Å². The number of aliphatic carboxylic acids is 1. The Balaban J connectivity index is 3.23. The highest BCUT2D eigenvalue weighted by Crippen LogP contribution is 1.89. The largest absolute Gasteiger partial charge is 0.481 e. The molecule has 14 heavy (non-hydrogen) atoms. The molecule has 0 radical (unpaired) electrons. The summed E-state index contributed by atoms with van der Waals surface area (Å²) in [6, 6.07) is 0. The fraction of sp³-hybridized carbons (Fsp3) is 0.889. The molecule has 0 aromatic rings. The minimum absolute atomic E-state index is 0.194. The molecule has 0 aromatic heterocycles. The van der Waals surface area contributed by atoms with E-state index in [1.807, 2.05) is 14.1 Å². The third-order valence-electron chi connectivity index (χ3n) is 1.75. The van der Waals surface area contributed by atoms with Crippen molar-refractivity contribution in [3.05, 3.63) is 0 Å². The predicted molar refractivity (Wildman–Crippen MR) is 54.3 cm³/mol. The van der Waals surface area contributed by atoms with Gasteiger partial charge >= 0.3 is 5.97 Å². The first-order valence-corrected chi connectivity index (χ1v) is 4.77. The molecular weight excluding hydrogens is 184 g/mol. The molecule has 0 aliphatic heterocycles. The molecule has 0 saturated heterocycles. The normalized spacial score (nSPS) is 13.1. The summed E-state index contributed by atoms with van der Waals surface area (Å²) in [4.78, 5) is 12.3. The van der Waals surface area contributed by atoms with Gasteiger partial charge in [-0.2, -0.15) is 0 Å². The van der Waals surface area contributed by atoms with Crippen LogP contribution < -0.4 is 5.32 Å². The maximum atomic E-state index is 10.2. The van der Waals surface area contributed by atoms with Gasteiger partial charge in [0.1, 0.15) is 0 Å². The molecule has 0 rings (SSSR count). The van der Waals surface area contributed by atoms with Gasteiger partial charge in [0.2, 0.25) is 0 Å². The Morgan fingerprint density at radius 1 is 1.50 bits per heavy atom. The lowest BCUT2D eigenvalue weighted by Gasteiger charge is -2.11. The number of nitrogens with zero attached hydrogens (tertiary/aromatic N) is 1. The van der Waals surface area contributed by atoms with Gasteiger partial charge < -0.3 is 20.4 Å². The first-order valence-electron chi connectivity index (χ1n) is 4.77. The quantitative estimate of drug-likeness (QED) is 0.459. The van der Waals surface area contributed by atoms with Crippen molar-refractivity contribution in [3.8, 4) is 0 Å². The highest BCUT2D eigenvalue weighted by Gasteiger charge is 2.07. The molecule has 0 saturated carbocycles. The van der Waals surface area contributed by atoms with Crippen LogP contribution in [0.4, 0.5) is 0 Å². The Morgan fingerprint density at radius 2 is 2.14 bits per heavy atom. The smallest absolute Gasteiger partial charge is 0.306 e. The van der Waals surface area contributed by atoms with E-state index in [1.165, 1.54) is 0 Å². The van der Waals surface area contributed by atoms with E-state index in [9.17, 15) is 9.90 Å². The Bertz CT molecular complexity index is 162. The second kappa shape index (κ2) is 7.73. The number of aliphatic hydroxyl groups is 1. The van der Waals surface area contributed by atoms with Crippen molar-refractivity contribution >= 4 is 5.97 Å². The summed E-state index contributed by atoms with van der Waals surface area (Å²) in [5.41, 5.74) is 0. The minimum atomic E-state index is -0.965. The van der Waals surface area contributed by atoms with Crippen molar-refractivity contribution in [2.75, 3.05) is 33.7 Å². The van der Waals surface area contributed by atoms with Crippen LogP contribution in [-0.2, 0) is 4.79 Å². The standard InChI is InChI=1S/C9H20N2O3/c1-11(2)5-3-4-10-7-8(12)6-9(13)14/h8,10,12H,3-7H2,1-2H3,(H,13,14). The fourth-order valence-corrected chi connectivity index (χ4v) is 1.06. The summed E-state index contributed by atoms with van der Waals surface area (Å²) >= 11 is 0. The fourth-order valence-electron chi connectivity index (χ4n) is 1.06. The number of carboxylic acid groups (broad SMARTS) is 1. The van der Waals surface area contributed by atoms with E-state index in [0.717, 1.165) is 19.5 Å². The van der Waals surface area contributed by atoms with Crippen molar-refractivity contribution in [1.29, 1.82) is 0 Å². The molecule has 0 spiro atoms. The van der Waals surface area contributed by atoms with Gasteiger partial charge in [-0.1, -0.05) is 0 Å². The van der Waals surface area contributed by atoms with E-state index in [-0.39, 0.29) is 6.42 Å². The molecule has 3 N–H and O–H groups in total. The van der Waals surface area contributed by atoms with Crippen LogP contribution in [-0.4, -0.2) is 60.9 Å². The van der Waals surface area contributed by atoms with Gasteiger partial charge in [0, 0.05) is 6.54 Å². The number of rotatable bonds is 8. The van der Waals surface area contributed by atoms with Gasteiger partial charge in [0.05, 0.1) is 12.5 Å². The Hall–Kier alpha value is -0.650. The topological polar surface area (TPSA) is 72.8 Å². The van der Waals surface area contributed by atoms with E-state index >= 15 is 0 Å². The van der Waals surface area contributed by atoms with Crippen LogP contribution in [0, 0.1) is 0 Å². The monoisotopic (exact) mass is 204 g/mol. The van der Waals surface area contributed by atoms with Crippen molar-refractivity contribution < 1.29 is 15.0 Å². The average molecular weight is 204 g/mol. The predicted octanol–water partition coefficient (Wildman–Crippen LogP) is -0.637. The summed E-state index contributed by atoms with van der Waals surface area (Å²) in [6.07, 6.45) is 0.0138. The van der Waals surface area contributed by atoms with Crippen LogP contribution in [0.25, 0.3) is 0 Å². The third kappa shape index (κ3) is 9.44. The van der Waals surface area contributed by atoms with Crippen molar-refractivity contribution in [2.24, 2.45) is 0 Å². The van der Waals surface area contributed by atoms with E-state index in [2.05, 4.69) is 10.2 Å². The number of nitrogens with one attached hydrogen (secondary N) is 1. The van der Waals surface area contributed by atoms with Crippen molar-refractivity contribution in [1.82, 2.24) is 10.2 Å². The lowest BCUT2D eigenvalue weighted by molar-refractivity contribution is -0.139. The molecular formula is C9H20N2O3. The van der Waals surface area contributed by atoms with E-state index in [4.69, 9.17) is 5.11 Å². The van der Waals surface area contributed by atoms with E-state index in [1.54, 1.807) is 0 Å². The summed E-state index contributed by atoms with van der Waals surface area (Å²) < 4.78 is 0. The molecule has 0 aliphatic carbocycles. The first-order chi connectivity index (χ1) is 6.52. The highest BCUT2D eigenvalue weighted by atomic mass is 16.4. The Kier molecular flexibility index (Phi) is 7.37. The molecule has 0 fully saturated rings.